The molecule has 0 aromatic heterocycles. The Balaban J connectivity index is 1.36. The van der Waals surface area contributed by atoms with Gasteiger partial charge >= 0.3 is 0 Å². The number of hydrazone groups is 1. The number of hydrogen-bond acceptors (Lipinski definition) is 6. The van der Waals surface area contributed by atoms with Crippen LogP contribution in [0.4, 0.5) is 5.69 Å². The number of nitrogens with zero attached hydrogens (tertiary/aromatic N) is 4. The van der Waals surface area contributed by atoms with Gasteiger partial charge in [0.1, 0.15) is 5.71 Å². The molecular weight excluding hydrogens is 362 g/mol. The van der Waals surface area contributed by atoms with Crippen molar-refractivity contribution in [2.24, 2.45) is 21.4 Å². The lowest BCUT2D eigenvalue weighted by atomic mass is 9.72. The number of nitrogens with two attached hydrogens (primary N) is 1. The highest BCUT2D eigenvalue weighted by atomic mass is 16.5. The van der Waals surface area contributed by atoms with Gasteiger partial charge in [-0.15, -0.1) is 0 Å². The van der Waals surface area contributed by atoms with Crippen molar-refractivity contribution in [1.29, 1.82) is 0 Å². The fraction of sp³-hybridized carbons (Fsp3) is 0.652. The fourth-order valence-electron chi connectivity index (χ4n) is 4.87. The van der Waals surface area contributed by atoms with E-state index < -0.39 is 0 Å². The van der Waals surface area contributed by atoms with Crippen LogP contribution in [0.25, 0.3) is 0 Å². The van der Waals surface area contributed by atoms with Crippen molar-refractivity contribution in [2.45, 2.75) is 45.1 Å². The maximum absolute atomic E-state index is 5.74. The van der Waals surface area contributed by atoms with E-state index in [9.17, 15) is 0 Å². The summed E-state index contributed by atoms with van der Waals surface area (Å²) >= 11 is 0. The Morgan fingerprint density at radius 3 is 2.72 bits per heavy atom. The third-order valence-electron chi connectivity index (χ3n) is 6.89. The van der Waals surface area contributed by atoms with Gasteiger partial charge in [-0.05, 0) is 76.9 Å². The second-order valence-corrected chi connectivity index (χ2v) is 9.16. The van der Waals surface area contributed by atoms with Crippen molar-refractivity contribution in [2.75, 3.05) is 51.3 Å². The van der Waals surface area contributed by atoms with Crippen LogP contribution >= 0.6 is 0 Å². The van der Waals surface area contributed by atoms with Crippen LogP contribution in [0.5, 0.6) is 0 Å². The van der Waals surface area contributed by atoms with Gasteiger partial charge in [-0.25, -0.2) is 0 Å². The molecule has 0 aliphatic carbocycles. The molecular formula is C23H35N5O. The number of aliphatic imine (C=N–C) groups is 1. The lowest BCUT2D eigenvalue weighted by Crippen LogP contribution is -2.60. The second-order valence-electron chi connectivity index (χ2n) is 9.16. The lowest BCUT2D eigenvalue weighted by molar-refractivity contribution is 0.0226. The molecule has 1 spiro atoms. The van der Waals surface area contributed by atoms with Crippen LogP contribution in [0.1, 0.15) is 43.2 Å². The third-order valence-corrected chi connectivity index (χ3v) is 6.89. The summed E-state index contributed by atoms with van der Waals surface area (Å²) in [6.07, 6.45) is 8.17. The molecule has 1 aromatic carbocycles. The molecule has 0 amide bonds. The zero-order valence-electron chi connectivity index (χ0n) is 17.9. The number of likely N-dealkylation sites (tertiary alicyclic amines) is 1. The molecule has 3 aliphatic rings. The van der Waals surface area contributed by atoms with Gasteiger partial charge in [0.2, 0.25) is 0 Å². The molecule has 1 aromatic rings. The summed E-state index contributed by atoms with van der Waals surface area (Å²) in [6.45, 7) is 8.49. The van der Waals surface area contributed by atoms with E-state index in [1.807, 2.05) is 0 Å². The number of anilines is 1. The molecule has 0 saturated carbocycles. The highest BCUT2D eigenvalue weighted by Gasteiger charge is 2.44. The van der Waals surface area contributed by atoms with E-state index in [0.717, 1.165) is 30.7 Å². The molecule has 3 heterocycles. The van der Waals surface area contributed by atoms with E-state index in [4.69, 9.17) is 10.6 Å². The molecule has 3 fully saturated rings. The number of rotatable bonds is 5. The molecule has 4 rings (SSSR count). The van der Waals surface area contributed by atoms with E-state index >= 15 is 0 Å². The monoisotopic (exact) mass is 397 g/mol. The first kappa shape index (κ1) is 20.4. The Bertz CT molecular complexity index is 753. The topological polar surface area (TPSA) is 66.5 Å². The van der Waals surface area contributed by atoms with Crippen LogP contribution in [0.3, 0.4) is 0 Å². The Labute approximate surface area is 174 Å². The highest BCUT2D eigenvalue weighted by molar-refractivity contribution is 6.38. The molecule has 0 radical (unpaired) electrons. The van der Waals surface area contributed by atoms with E-state index in [2.05, 4.69) is 52.1 Å². The summed E-state index contributed by atoms with van der Waals surface area (Å²) in [6, 6.07) is 6.60. The van der Waals surface area contributed by atoms with Crippen LogP contribution in [0.2, 0.25) is 0 Å². The van der Waals surface area contributed by atoms with Crippen molar-refractivity contribution in [3.8, 4) is 0 Å². The number of aryl methyl sites for hydroxylation is 1. The van der Waals surface area contributed by atoms with E-state index in [0.29, 0.717) is 12.0 Å². The molecule has 6 nitrogen and oxygen atoms in total. The van der Waals surface area contributed by atoms with Gasteiger partial charge < -0.3 is 20.4 Å². The first-order valence-electron chi connectivity index (χ1n) is 11.0. The largest absolute Gasteiger partial charge is 0.376 e. The summed E-state index contributed by atoms with van der Waals surface area (Å²) < 4.78 is 5.74. The Hall–Kier alpha value is -1.92. The average molecular weight is 398 g/mol. The Kier molecular flexibility index (Phi) is 6.20. The van der Waals surface area contributed by atoms with Crippen LogP contribution < -0.4 is 10.7 Å². The normalized spacial score (nSPS) is 25.5. The molecule has 2 N–H and O–H groups in total. The fourth-order valence-corrected chi connectivity index (χ4v) is 4.87. The van der Waals surface area contributed by atoms with Crippen LogP contribution in [0.15, 0.2) is 28.3 Å². The van der Waals surface area contributed by atoms with Crippen LogP contribution in [-0.4, -0.2) is 69.3 Å². The van der Waals surface area contributed by atoms with Crippen molar-refractivity contribution >= 4 is 17.6 Å². The number of benzene rings is 1. The molecule has 1 unspecified atom stereocenters. The van der Waals surface area contributed by atoms with Crippen molar-refractivity contribution in [3.05, 3.63) is 29.3 Å². The van der Waals surface area contributed by atoms with Gasteiger partial charge in [-0.2, -0.15) is 5.10 Å². The zero-order valence-corrected chi connectivity index (χ0v) is 17.9. The summed E-state index contributed by atoms with van der Waals surface area (Å²) in [7, 11) is 2.23. The standard InChI is InChI=1S/C23H35N5O/c1-18-13-19(28-16-23(17-28)8-10-27(2)11-9-23)6-7-21(18)22(26-24)15-25-14-20-5-3-4-12-29-20/h6-7,13,15,20H,3-5,8-12,14,16-17,24H2,1-2H3/b25-15?,26-22+. The van der Waals surface area contributed by atoms with Gasteiger partial charge in [0.05, 0.1) is 12.6 Å². The SMILES string of the molecule is Cc1cc(N2CC3(CCN(C)CC3)C2)ccc1/C(C=NCC1CCCCO1)=N/N. The Morgan fingerprint density at radius 1 is 1.28 bits per heavy atom. The molecule has 3 aliphatic heterocycles. The average Bonchev–Trinajstić information content (AvgIpc) is 2.72. The molecule has 29 heavy (non-hydrogen) atoms. The highest BCUT2D eigenvalue weighted by Crippen LogP contribution is 2.42. The van der Waals surface area contributed by atoms with E-state index in [-0.39, 0.29) is 6.10 Å². The number of ether oxygens (including phenoxy) is 1. The van der Waals surface area contributed by atoms with Crippen LogP contribution in [0, 0.1) is 12.3 Å². The Morgan fingerprint density at radius 2 is 2.07 bits per heavy atom. The van der Waals surface area contributed by atoms with Crippen molar-refractivity contribution in [3.63, 3.8) is 0 Å². The first-order valence-corrected chi connectivity index (χ1v) is 11.0. The summed E-state index contributed by atoms with van der Waals surface area (Å²) in [5.74, 6) is 5.68. The quantitative estimate of drug-likeness (QED) is 0.471. The molecule has 0 bridgehead atoms. The van der Waals surface area contributed by atoms with Gasteiger partial charge in [0, 0.05) is 42.6 Å². The minimum Gasteiger partial charge on any atom is -0.376 e. The first-order chi connectivity index (χ1) is 14.1. The molecule has 158 valence electrons. The van der Waals surface area contributed by atoms with Crippen molar-refractivity contribution < 1.29 is 4.74 Å². The molecule has 6 heteroatoms. The summed E-state index contributed by atoms with van der Waals surface area (Å²) in [5, 5.41) is 3.99. The third kappa shape index (κ3) is 4.64. The van der Waals surface area contributed by atoms with Gasteiger partial charge in [0.15, 0.2) is 0 Å². The maximum Gasteiger partial charge on any atom is 0.108 e. The zero-order chi connectivity index (χ0) is 20.3. The minimum atomic E-state index is 0.237. The van der Waals surface area contributed by atoms with Gasteiger partial charge in [-0.3, -0.25) is 4.99 Å². The minimum absolute atomic E-state index is 0.237. The summed E-state index contributed by atoms with van der Waals surface area (Å²) in [4.78, 5) is 9.51. The number of hydrogen-bond donors (Lipinski definition) is 1. The van der Waals surface area contributed by atoms with Gasteiger partial charge in [-0.1, -0.05) is 6.07 Å². The predicted octanol–water partition coefficient (Wildman–Crippen LogP) is 2.83. The van der Waals surface area contributed by atoms with Gasteiger partial charge in [0.25, 0.3) is 0 Å². The lowest BCUT2D eigenvalue weighted by Gasteiger charge is -2.54. The summed E-state index contributed by atoms with van der Waals surface area (Å²) in [5.41, 5.74) is 4.83. The predicted molar refractivity (Wildman–Crippen MR) is 120 cm³/mol. The second kappa shape index (κ2) is 8.84. The number of piperidine rings is 1. The van der Waals surface area contributed by atoms with E-state index in [1.54, 1.807) is 6.21 Å². The van der Waals surface area contributed by atoms with Crippen LogP contribution in [-0.2, 0) is 4.74 Å². The van der Waals surface area contributed by atoms with E-state index in [1.165, 1.54) is 56.7 Å². The molecule has 1 atom stereocenters. The molecule has 3 saturated heterocycles. The smallest absolute Gasteiger partial charge is 0.108 e. The van der Waals surface area contributed by atoms with Crippen molar-refractivity contribution in [1.82, 2.24) is 4.90 Å². The maximum atomic E-state index is 5.74.